The number of benzene rings is 3. The lowest BCUT2D eigenvalue weighted by Gasteiger charge is -2.12. The van der Waals surface area contributed by atoms with Gasteiger partial charge in [0, 0.05) is 35.9 Å². The summed E-state index contributed by atoms with van der Waals surface area (Å²) in [5, 5.41) is 24.9. The van der Waals surface area contributed by atoms with Gasteiger partial charge in [-0.1, -0.05) is 60.7 Å². The predicted octanol–water partition coefficient (Wildman–Crippen LogP) is 5.86. The van der Waals surface area contributed by atoms with Crippen molar-refractivity contribution in [1.82, 2.24) is 18.7 Å². The molecule has 6 rings (SSSR count). The van der Waals surface area contributed by atoms with Gasteiger partial charge in [0.15, 0.2) is 5.65 Å². The zero-order valence-electron chi connectivity index (χ0n) is 22.2. The highest BCUT2D eigenvalue weighted by Gasteiger charge is 2.28. The first-order valence-corrected chi connectivity index (χ1v) is 14.6. The molecule has 0 atom stereocenters. The Bertz CT molecular complexity index is 2050. The molecule has 8 nitrogen and oxygen atoms in total. The van der Waals surface area contributed by atoms with Gasteiger partial charge in [-0.15, -0.1) is 0 Å². The molecule has 1 N–H and O–H groups in total. The van der Waals surface area contributed by atoms with Crippen molar-refractivity contribution in [3.63, 3.8) is 0 Å². The highest BCUT2D eigenvalue weighted by molar-refractivity contribution is 7.90. The van der Waals surface area contributed by atoms with Gasteiger partial charge in [-0.05, 0) is 53.9 Å². The van der Waals surface area contributed by atoms with E-state index in [4.69, 9.17) is 5.10 Å². The summed E-state index contributed by atoms with van der Waals surface area (Å²) in [6.07, 6.45) is 1.88. The normalized spacial score (nSPS) is 11.5. The quantitative estimate of drug-likeness (QED) is 0.242. The molecule has 0 aliphatic heterocycles. The second-order valence-corrected chi connectivity index (χ2v) is 11.4. The Hall–Kier alpha value is -5.11. The molecule has 0 spiro atoms. The lowest BCUT2D eigenvalue weighted by molar-refractivity contribution is 0.277. The van der Waals surface area contributed by atoms with Gasteiger partial charge in [-0.25, -0.2) is 21.8 Å². The lowest BCUT2D eigenvalue weighted by atomic mass is 9.98. The van der Waals surface area contributed by atoms with Crippen LogP contribution >= 0.6 is 0 Å². The van der Waals surface area contributed by atoms with E-state index in [2.05, 4.69) is 11.1 Å². The van der Waals surface area contributed by atoms with Crippen LogP contribution in [0.3, 0.4) is 0 Å². The third-order valence-electron chi connectivity index (χ3n) is 6.99. The predicted molar refractivity (Wildman–Crippen MR) is 157 cm³/mol. The van der Waals surface area contributed by atoms with Gasteiger partial charge in [0.2, 0.25) is 0 Å². The molecule has 10 heteroatoms. The van der Waals surface area contributed by atoms with Crippen molar-refractivity contribution >= 4 is 21.1 Å². The summed E-state index contributed by atoms with van der Waals surface area (Å²) in [5.41, 5.74) is 3.54. The fourth-order valence-electron chi connectivity index (χ4n) is 5.07. The number of nitrogens with zero attached hydrogens (tertiary/aromatic N) is 5. The molecule has 0 aliphatic carbocycles. The molecule has 0 bridgehead atoms. The third kappa shape index (κ3) is 4.64. The number of aliphatic hydroxyl groups is 1. The third-order valence-corrected chi connectivity index (χ3v) is 8.70. The van der Waals surface area contributed by atoms with Crippen LogP contribution in [0.5, 0.6) is 0 Å². The minimum absolute atomic E-state index is 0.0912. The molecule has 0 radical (unpaired) electrons. The fourth-order valence-corrected chi connectivity index (χ4v) is 6.57. The molecule has 3 heterocycles. The average molecular weight is 578 g/mol. The molecule has 6 aromatic rings. The van der Waals surface area contributed by atoms with Gasteiger partial charge in [0.25, 0.3) is 10.0 Å². The van der Waals surface area contributed by atoms with Crippen LogP contribution in [0.1, 0.15) is 12.1 Å². The number of nitriles is 1. The summed E-state index contributed by atoms with van der Waals surface area (Å²) in [5.74, 6) is -0.423. The molecule has 0 unspecified atom stereocenters. The second kappa shape index (κ2) is 11.0. The Morgan fingerprint density at radius 2 is 1.60 bits per heavy atom. The van der Waals surface area contributed by atoms with Crippen molar-refractivity contribution in [2.24, 2.45) is 0 Å². The summed E-state index contributed by atoms with van der Waals surface area (Å²) in [7, 11) is -4.08. The summed E-state index contributed by atoms with van der Waals surface area (Å²) in [6, 6.07) is 28.8. The SMILES string of the molecule is N#Cc1c(-c2ccc(F)cc2)c(-c2ccnc3c2cc(-c2ccccc2)n3S(=O)(=O)c2ccccc2)nn1CCCO. The van der Waals surface area contributed by atoms with Gasteiger partial charge in [0.05, 0.1) is 10.6 Å². The van der Waals surface area contributed by atoms with E-state index in [1.54, 1.807) is 42.5 Å². The smallest absolute Gasteiger partial charge is 0.269 e. The highest BCUT2D eigenvalue weighted by atomic mass is 32.2. The number of fused-ring (bicyclic) bond motifs is 1. The molecular weight excluding hydrogens is 553 g/mol. The average Bonchev–Trinajstić information content (AvgIpc) is 3.60. The van der Waals surface area contributed by atoms with Crippen molar-refractivity contribution in [1.29, 1.82) is 5.26 Å². The number of pyridine rings is 1. The van der Waals surface area contributed by atoms with Crippen LogP contribution in [0.15, 0.2) is 108 Å². The molecule has 0 aliphatic rings. The van der Waals surface area contributed by atoms with Crippen molar-refractivity contribution in [2.75, 3.05) is 6.61 Å². The first-order chi connectivity index (χ1) is 20.4. The number of hydrogen-bond acceptors (Lipinski definition) is 6. The summed E-state index contributed by atoms with van der Waals surface area (Å²) in [6.45, 7) is 0.187. The second-order valence-electron chi connectivity index (χ2n) is 9.57. The number of rotatable bonds is 8. The minimum atomic E-state index is -4.08. The zero-order chi connectivity index (χ0) is 29.3. The van der Waals surface area contributed by atoms with Crippen molar-refractivity contribution < 1.29 is 17.9 Å². The van der Waals surface area contributed by atoms with E-state index in [9.17, 15) is 23.2 Å². The van der Waals surface area contributed by atoms with Gasteiger partial charge < -0.3 is 5.11 Å². The molecule has 42 heavy (non-hydrogen) atoms. The Morgan fingerprint density at radius 1 is 0.905 bits per heavy atom. The highest BCUT2D eigenvalue weighted by Crippen LogP contribution is 2.40. The summed E-state index contributed by atoms with van der Waals surface area (Å²) in [4.78, 5) is 4.63. The van der Waals surface area contributed by atoms with Crippen molar-refractivity contribution in [3.05, 3.63) is 115 Å². The molecule has 3 aromatic heterocycles. The van der Waals surface area contributed by atoms with Crippen LogP contribution in [0.25, 0.3) is 44.7 Å². The Labute approximate surface area is 241 Å². The number of aryl methyl sites for hydroxylation is 1. The van der Waals surface area contributed by atoms with Crippen molar-refractivity contribution in [2.45, 2.75) is 17.9 Å². The monoisotopic (exact) mass is 577 g/mol. The first-order valence-electron chi connectivity index (χ1n) is 13.2. The van der Waals surface area contributed by atoms with Gasteiger partial charge in [-0.3, -0.25) is 4.68 Å². The van der Waals surface area contributed by atoms with Crippen molar-refractivity contribution in [3.8, 4) is 39.7 Å². The molecule has 0 saturated carbocycles. The maximum atomic E-state index is 14.1. The maximum Gasteiger partial charge on any atom is 0.269 e. The Morgan fingerprint density at radius 3 is 2.26 bits per heavy atom. The minimum Gasteiger partial charge on any atom is -0.396 e. The first kappa shape index (κ1) is 27.1. The topological polar surface area (TPSA) is 114 Å². The Kier molecular flexibility index (Phi) is 7.12. The van der Waals surface area contributed by atoms with Gasteiger partial charge in [0.1, 0.15) is 23.3 Å². The van der Waals surface area contributed by atoms with E-state index in [-0.39, 0.29) is 29.4 Å². The van der Waals surface area contributed by atoms with Crippen LogP contribution in [-0.2, 0) is 16.6 Å². The number of halogens is 1. The van der Waals surface area contributed by atoms with Gasteiger partial charge >= 0.3 is 0 Å². The Balaban J connectivity index is 1.68. The molecule has 0 amide bonds. The summed E-state index contributed by atoms with van der Waals surface area (Å²) >= 11 is 0. The number of aromatic nitrogens is 4. The van der Waals surface area contributed by atoms with E-state index < -0.39 is 15.8 Å². The summed E-state index contributed by atoms with van der Waals surface area (Å²) < 4.78 is 44.8. The molecule has 0 fully saturated rings. The molecule has 0 saturated heterocycles. The van der Waals surface area contributed by atoms with E-state index in [0.717, 1.165) is 0 Å². The van der Waals surface area contributed by atoms with E-state index >= 15 is 0 Å². The number of aliphatic hydroxyl groups excluding tert-OH is 1. The fraction of sp³-hybridized carbons (Fsp3) is 0.0938. The van der Waals surface area contributed by atoms with Crippen LogP contribution in [0.4, 0.5) is 4.39 Å². The van der Waals surface area contributed by atoms with Crippen LogP contribution < -0.4 is 0 Å². The van der Waals surface area contributed by atoms with E-state index in [1.807, 2.05) is 30.3 Å². The van der Waals surface area contributed by atoms with Crippen LogP contribution in [0.2, 0.25) is 0 Å². The molecule has 208 valence electrons. The zero-order valence-corrected chi connectivity index (χ0v) is 23.0. The number of hydrogen-bond donors (Lipinski definition) is 1. The largest absolute Gasteiger partial charge is 0.396 e. The maximum absolute atomic E-state index is 14.1. The molecule has 3 aromatic carbocycles. The van der Waals surface area contributed by atoms with Crippen LogP contribution in [-0.4, -0.2) is 38.9 Å². The standard InChI is InChI=1S/C32H24FN5O3S/c33-24-14-12-23(13-15-24)30-29(21-34)37(18-7-19-39)36-31(30)26-16-17-35-32-27(26)20-28(22-8-3-1-4-9-22)38(32)42(40,41)25-10-5-2-6-11-25/h1-6,8-17,20,39H,7,18-19H2. The molecular formula is C32H24FN5O3S. The van der Waals surface area contributed by atoms with E-state index in [0.29, 0.717) is 45.4 Å². The van der Waals surface area contributed by atoms with Gasteiger partial charge in [-0.2, -0.15) is 10.4 Å². The lowest BCUT2D eigenvalue weighted by Crippen LogP contribution is -2.14. The van der Waals surface area contributed by atoms with E-state index in [1.165, 1.54) is 39.1 Å². The van der Waals surface area contributed by atoms with Crippen LogP contribution in [0, 0.1) is 17.1 Å².